The van der Waals surface area contributed by atoms with E-state index in [0.29, 0.717) is 17.1 Å². The number of fused-ring (bicyclic) bond motifs is 1. The van der Waals surface area contributed by atoms with Gasteiger partial charge in [0.1, 0.15) is 0 Å². The first-order chi connectivity index (χ1) is 12.1. The standard InChI is InChI=1S/C17H10BrN3O3S/c18-10-5-3-4-9(8-10)14-19-20-15(24-14)17(25)21-12-7-2-1-6-11(12)13(22)16(21)23/h1-8,17,25H. The number of anilines is 1. The van der Waals surface area contributed by atoms with Crippen molar-refractivity contribution in [1.82, 2.24) is 10.2 Å². The number of nitrogens with zero attached hydrogens (tertiary/aromatic N) is 3. The van der Waals surface area contributed by atoms with Crippen molar-refractivity contribution >= 4 is 45.9 Å². The van der Waals surface area contributed by atoms with Gasteiger partial charge in [0.25, 0.3) is 5.78 Å². The Morgan fingerprint density at radius 2 is 1.88 bits per heavy atom. The molecule has 3 aromatic rings. The topological polar surface area (TPSA) is 76.3 Å². The molecule has 0 saturated heterocycles. The summed E-state index contributed by atoms with van der Waals surface area (Å²) < 4.78 is 6.55. The largest absolute Gasteiger partial charge is 0.417 e. The molecule has 8 heteroatoms. The van der Waals surface area contributed by atoms with Gasteiger partial charge in [0.2, 0.25) is 11.8 Å². The molecule has 0 spiro atoms. The molecule has 1 aliphatic heterocycles. The van der Waals surface area contributed by atoms with E-state index < -0.39 is 17.1 Å². The highest BCUT2D eigenvalue weighted by Gasteiger charge is 2.40. The smallest absolute Gasteiger partial charge is 0.300 e. The number of hydrogen-bond acceptors (Lipinski definition) is 6. The lowest BCUT2D eigenvalue weighted by atomic mass is 10.1. The molecule has 0 fully saturated rings. The quantitative estimate of drug-likeness (QED) is 0.521. The number of ketones is 1. The van der Waals surface area contributed by atoms with Crippen LogP contribution in [0.4, 0.5) is 5.69 Å². The predicted octanol–water partition coefficient (Wildman–Crippen LogP) is 3.66. The highest BCUT2D eigenvalue weighted by molar-refractivity contribution is 9.10. The van der Waals surface area contributed by atoms with Crippen LogP contribution in [0.5, 0.6) is 0 Å². The van der Waals surface area contributed by atoms with Crippen LogP contribution in [0.15, 0.2) is 57.4 Å². The summed E-state index contributed by atoms with van der Waals surface area (Å²) in [5.41, 5.74) is 1.57. The average Bonchev–Trinajstić information content (AvgIpc) is 3.20. The molecule has 1 atom stereocenters. The van der Waals surface area contributed by atoms with E-state index in [2.05, 4.69) is 38.8 Å². The first kappa shape index (κ1) is 16.0. The van der Waals surface area contributed by atoms with Crippen molar-refractivity contribution in [3.63, 3.8) is 0 Å². The molecule has 6 nitrogen and oxygen atoms in total. The number of thiol groups is 1. The number of rotatable bonds is 3. The van der Waals surface area contributed by atoms with Gasteiger partial charge in [-0.2, -0.15) is 0 Å². The second-order valence-corrected chi connectivity index (χ2v) is 6.76. The minimum absolute atomic E-state index is 0.135. The second kappa shape index (κ2) is 6.12. The van der Waals surface area contributed by atoms with Crippen LogP contribution in [0.25, 0.3) is 11.5 Å². The molecular weight excluding hydrogens is 406 g/mol. The normalized spacial score (nSPS) is 14.7. The van der Waals surface area contributed by atoms with Crippen molar-refractivity contribution in [2.75, 3.05) is 4.90 Å². The number of carbonyl (C=O) groups is 2. The predicted molar refractivity (Wildman–Crippen MR) is 97.4 cm³/mol. The Kier molecular flexibility index (Phi) is 3.93. The van der Waals surface area contributed by atoms with Crippen LogP contribution in [-0.4, -0.2) is 21.9 Å². The maximum atomic E-state index is 12.3. The van der Waals surface area contributed by atoms with E-state index in [-0.39, 0.29) is 5.89 Å². The molecule has 124 valence electrons. The second-order valence-electron chi connectivity index (χ2n) is 5.35. The highest BCUT2D eigenvalue weighted by Crippen LogP contribution is 2.37. The molecule has 0 bridgehead atoms. The van der Waals surface area contributed by atoms with Crippen LogP contribution in [0.2, 0.25) is 0 Å². The highest BCUT2D eigenvalue weighted by atomic mass is 79.9. The lowest BCUT2D eigenvalue weighted by Crippen LogP contribution is -2.31. The van der Waals surface area contributed by atoms with E-state index in [0.717, 1.165) is 10.0 Å². The van der Waals surface area contributed by atoms with Crippen molar-refractivity contribution in [1.29, 1.82) is 0 Å². The maximum absolute atomic E-state index is 12.3. The summed E-state index contributed by atoms with van der Waals surface area (Å²) in [5, 5.41) is 7.14. The molecule has 2 aromatic carbocycles. The zero-order chi connectivity index (χ0) is 17.6. The maximum Gasteiger partial charge on any atom is 0.300 e. The van der Waals surface area contributed by atoms with Crippen LogP contribution in [0, 0.1) is 0 Å². The first-order valence-corrected chi connectivity index (χ1v) is 8.61. The van der Waals surface area contributed by atoms with Gasteiger partial charge in [-0.1, -0.05) is 34.1 Å². The van der Waals surface area contributed by atoms with Gasteiger partial charge < -0.3 is 4.42 Å². The van der Waals surface area contributed by atoms with Crippen LogP contribution in [0.1, 0.15) is 21.6 Å². The van der Waals surface area contributed by atoms with Crippen LogP contribution in [0.3, 0.4) is 0 Å². The zero-order valence-corrected chi connectivity index (χ0v) is 15.1. The van der Waals surface area contributed by atoms with Crippen LogP contribution in [-0.2, 0) is 4.79 Å². The number of carbonyl (C=O) groups excluding carboxylic acids is 2. The summed E-state index contributed by atoms with van der Waals surface area (Å²) in [5.74, 6) is -0.789. The summed E-state index contributed by atoms with van der Waals surface area (Å²) in [4.78, 5) is 25.7. The van der Waals surface area contributed by atoms with E-state index in [1.165, 1.54) is 4.90 Å². The van der Waals surface area contributed by atoms with Gasteiger partial charge in [-0.3, -0.25) is 14.5 Å². The molecule has 0 saturated carbocycles. The summed E-state index contributed by atoms with van der Waals surface area (Å²) >= 11 is 7.82. The minimum Gasteiger partial charge on any atom is -0.417 e. The Labute approximate surface area is 156 Å². The fourth-order valence-corrected chi connectivity index (χ4v) is 3.37. The van der Waals surface area contributed by atoms with Gasteiger partial charge in [-0.25, -0.2) is 0 Å². The van der Waals surface area contributed by atoms with Crippen LogP contribution >= 0.6 is 28.6 Å². The minimum atomic E-state index is -0.853. The third-order valence-corrected chi connectivity index (χ3v) is 4.74. The fourth-order valence-electron chi connectivity index (χ4n) is 2.64. The van der Waals surface area contributed by atoms with E-state index in [9.17, 15) is 9.59 Å². The third-order valence-electron chi connectivity index (χ3n) is 3.80. The molecule has 4 rings (SSSR count). The molecule has 25 heavy (non-hydrogen) atoms. The lowest BCUT2D eigenvalue weighted by molar-refractivity contribution is -0.114. The Balaban J connectivity index is 1.70. The molecule has 1 amide bonds. The SMILES string of the molecule is O=C1C(=O)N(C(S)c2nnc(-c3cccc(Br)c3)o2)c2ccccc21. The fraction of sp³-hybridized carbons (Fsp3) is 0.0588. The molecule has 0 radical (unpaired) electrons. The van der Waals surface area contributed by atoms with Gasteiger partial charge >= 0.3 is 5.91 Å². The van der Waals surface area contributed by atoms with Gasteiger partial charge in [0, 0.05) is 10.0 Å². The Bertz CT molecular complexity index is 1000. The van der Waals surface area contributed by atoms with E-state index in [1.54, 1.807) is 24.3 Å². The van der Waals surface area contributed by atoms with Crippen LogP contribution < -0.4 is 4.90 Å². The van der Waals surface area contributed by atoms with Crippen molar-refractivity contribution < 1.29 is 14.0 Å². The Hall–Kier alpha value is -2.45. The van der Waals surface area contributed by atoms with Gasteiger partial charge in [0.05, 0.1) is 11.3 Å². The van der Waals surface area contributed by atoms with E-state index in [4.69, 9.17) is 4.42 Å². The summed E-state index contributed by atoms with van der Waals surface area (Å²) in [6.45, 7) is 0. The number of halogens is 1. The van der Waals surface area contributed by atoms with Gasteiger partial charge in [-0.05, 0) is 30.3 Å². The molecule has 0 aliphatic carbocycles. The number of para-hydroxylation sites is 1. The molecule has 1 unspecified atom stereocenters. The molecule has 1 aliphatic rings. The molecule has 2 heterocycles. The first-order valence-electron chi connectivity index (χ1n) is 7.30. The number of aromatic nitrogens is 2. The molecule has 1 aromatic heterocycles. The number of amides is 1. The van der Waals surface area contributed by atoms with Crippen molar-refractivity contribution in [2.24, 2.45) is 0 Å². The summed E-state index contributed by atoms with van der Waals surface area (Å²) in [6, 6.07) is 14.1. The number of hydrogen-bond donors (Lipinski definition) is 1. The van der Waals surface area contributed by atoms with E-state index >= 15 is 0 Å². The van der Waals surface area contributed by atoms with Gasteiger partial charge in [-0.15, -0.1) is 22.8 Å². The number of benzene rings is 2. The zero-order valence-electron chi connectivity index (χ0n) is 12.6. The monoisotopic (exact) mass is 415 g/mol. The van der Waals surface area contributed by atoms with Crippen molar-refractivity contribution in [3.05, 3.63) is 64.5 Å². The molecular formula is C17H10BrN3O3S. The van der Waals surface area contributed by atoms with E-state index in [1.807, 2.05) is 24.3 Å². The average molecular weight is 416 g/mol. The van der Waals surface area contributed by atoms with Crippen molar-refractivity contribution in [3.8, 4) is 11.5 Å². The Morgan fingerprint density at radius 3 is 2.68 bits per heavy atom. The summed E-state index contributed by atoms with van der Waals surface area (Å²) in [7, 11) is 0. The van der Waals surface area contributed by atoms with Gasteiger partial charge in [0.15, 0.2) is 5.37 Å². The summed E-state index contributed by atoms with van der Waals surface area (Å²) in [6.07, 6.45) is 0. The third kappa shape index (κ3) is 2.67. The molecule has 0 N–H and O–H groups in total. The number of Topliss-reactive ketones (excluding diaryl/α,β-unsaturated/α-hetero) is 1. The van der Waals surface area contributed by atoms with Crippen molar-refractivity contribution in [2.45, 2.75) is 5.37 Å². The lowest BCUT2D eigenvalue weighted by Gasteiger charge is -2.20. The Morgan fingerprint density at radius 1 is 1.08 bits per heavy atom.